The maximum atomic E-state index is 14.7. The van der Waals surface area contributed by atoms with Gasteiger partial charge in [0.1, 0.15) is 0 Å². The molecule has 4 aromatic rings. The molecule has 282 valence electrons. The Morgan fingerprint density at radius 3 is 1.19 bits per heavy atom. The van der Waals surface area contributed by atoms with E-state index in [0.29, 0.717) is 12.1 Å². The molecule has 0 saturated carbocycles. The number of nitrogens with one attached hydrogen (secondary N) is 2. The summed E-state index contributed by atoms with van der Waals surface area (Å²) < 4.78 is 138. The topological polar surface area (TPSA) is 121 Å². The van der Waals surface area contributed by atoms with E-state index in [-0.39, 0.29) is 49.2 Å². The first-order valence-electron chi connectivity index (χ1n) is 16.2. The van der Waals surface area contributed by atoms with Crippen molar-refractivity contribution in [3.8, 4) is 11.1 Å². The first-order chi connectivity index (χ1) is 24.6. The molecule has 2 unspecified atom stereocenters. The molecule has 0 bridgehead atoms. The van der Waals surface area contributed by atoms with Crippen molar-refractivity contribution in [2.75, 3.05) is 37.1 Å². The van der Waals surface area contributed by atoms with Crippen molar-refractivity contribution in [1.29, 1.82) is 0 Å². The molecule has 18 heteroatoms. The van der Waals surface area contributed by atoms with Crippen LogP contribution in [0.1, 0.15) is 61.8 Å². The van der Waals surface area contributed by atoms with Gasteiger partial charge in [0, 0.05) is 23.8 Å². The van der Waals surface area contributed by atoms with E-state index in [2.05, 4.69) is 20.6 Å². The second-order valence-corrected chi connectivity index (χ2v) is 15.1. The van der Waals surface area contributed by atoms with Gasteiger partial charge in [0.2, 0.25) is 0 Å². The molecule has 2 atom stereocenters. The van der Waals surface area contributed by atoms with Gasteiger partial charge in [0.05, 0.1) is 48.9 Å². The first kappa shape index (κ1) is 41.0. The lowest BCUT2D eigenvalue weighted by Crippen LogP contribution is -2.18. The third-order valence-corrected chi connectivity index (χ3v) is 11.9. The van der Waals surface area contributed by atoms with Crippen LogP contribution in [-0.4, -0.2) is 36.4 Å². The molecule has 2 heterocycles. The van der Waals surface area contributed by atoms with Gasteiger partial charge in [-0.15, -0.1) is 0 Å². The Bertz CT molecular complexity index is 1710. The second kappa shape index (κ2) is 17.4. The molecule has 2 aromatic heterocycles. The van der Waals surface area contributed by atoms with Gasteiger partial charge < -0.3 is 28.7 Å². The molecular formula is C34H38F6N4O6P2. The van der Waals surface area contributed by atoms with E-state index in [9.17, 15) is 35.5 Å². The zero-order valence-corrected chi connectivity index (χ0v) is 30.4. The molecular weight excluding hydrogens is 736 g/mol. The van der Waals surface area contributed by atoms with Crippen LogP contribution < -0.4 is 10.6 Å². The van der Waals surface area contributed by atoms with Crippen molar-refractivity contribution >= 4 is 26.6 Å². The predicted molar refractivity (Wildman–Crippen MR) is 185 cm³/mol. The highest BCUT2D eigenvalue weighted by Gasteiger charge is 2.42. The lowest BCUT2D eigenvalue weighted by Gasteiger charge is -2.28. The van der Waals surface area contributed by atoms with Crippen LogP contribution in [0.2, 0.25) is 0 Å². The molecule has 0 amide bonds. The minimum absolute atomic E-state index is 0.0580. The number of alkyl halides is 6. The van der Waals surface area contributed by atoms with E-state index in [0.717, 1.165) is 24.3 Å². The monoisotopic (exact) mass is 774 g/mol. The molecule has 4 rings (SSSR count). The second-order valence-electron chi connectivity index (χ2n) is 10.9. The highest BCUT2D eigenvalue weighted by Crippen LogP contribution is 2.62. The van der Waals surface area contributed by atoms with Crippen LogP contribution in [0.15, 0.2) is 85.2 Å². The van der Waals surface area contributed by atoms with Gasteiger partial charge in [0.25, 0.3) is 0 Å². The van der Waals surface area contributed by atoms with Gasteiger partial charge in [0.15, 0.2) is 11.6 Å². The van der Waals surface area contributed by atoms with Gasteiger partial charge in [-0.3, -0.25) is 19.1 Å². The Balaban J connectivity index is 1.83. The van der Waals surface area contributed by atoms with Crippen LogP contribution in [0.3, 0.4) is 0 Å². The van der Waals surface area contributed by atoms with Crippen LogP contribution in [0, 0.1) is 0 Å². The molecule has 52 heavy (non-hydrogen) atoms. The first-order valence-corrected chi connectivity index (χ1v) is 19.4. The SMILES string of the molecule is CCOP(=O)(OCC)C(Nc1ccc(-c2ccc(NC(c3ccccn3)P(=O)(OCC)OCC)cc2C(F)(F)F)c(C(F)(F)F)c1)c1ccccn1. The number of benzene rings is 2. The number of pyridine rings is 2. The summed E-state index contributed by atoms with van der Waals surface area (Å²) in [4.78, 5) is 8.36. The van der Waals surface area contributed by atoms with Crippen molar-refractivity contribution in [1.82, 2.24) is 9.97 Å². The normalized spacial score (nSPS) is 13.8. The predicted octanol–water partition coefficient (Wildman–Crippen LogP) is 10.9. The summed E-state index contributed by atoms with van der Waals surface area (Å²) in [5.74, 6) is -2.74. The molecule has 0 saturated heterocycles. The molecule has 2 aromatic carbocycles. The lowest BCUT2D eigenvalue weighted by atomic mass is 9.93. The van der Waals surface area contributed by atoms with Gasteiger partial charge >= 0.3 is 27.5 Å². The van der Waals surface area contributed by atoms with Crippen LogP contribution in [-0.2, 0) is 39.6 Å². The summed E-state index contributed by atoms with van der Waals surface area (Å²) in [6.45, 7) is 6.01. The van der Waals surface area contributed by atoms with Gasteiger partial charge in [-0.2, -0.15) is 26.3 Å². The molecule has 2 N–H and O–H groups in total. The average Bonchev–Trinajstić information content (AvgIpc) is 3.10. The molecule has 0 aliphatic rings. The minimum atomic E-state index is -5.14. The zero-order chi connectivity index (χ0) is 38.2. The number of halogens is 6. The van der Waals surface area contributed by atoms with E-state index in [1.807, 2.05) is 0 Å². The van der Waals surface area contributed by atoms with E-state index in [4.69, 9.17) is 18.1 Å². The minimum Gasteiger partial charge on any atom is -0.367 e. The highest BCUT2D eigenvalue weighted by molar-refractivity contribution is 7.54. The number of hydrogen-bond donors (Lipinski definition) is 2. The van der Waals surface area contributed by atoms with Gasteiger partial charge in [-0.05, 0) is 87.4 Å². The van der Waals surface area contributed by atoms with Crippen molar-refractivity contribution in [3.05, 3.63) is 108 Å². The molecule has 0 spiro atoms. The fourth-order valence-electron chi connectivity index (χ4n) is 5.32. The number of nitrogens with zero attached hydrogens (tertiary/aromatic N) is 2. The van der Waals surface area contributed by atoms with Crippen LogP contribution in [0.25, 0.3) is 11.1 Å². The van der Waals surface area contributed by atoms with Crippen LogP contribution in [0.5, 0.6) is 0 Å². The van der Waals surface area contributed by atoms with Crippen molar-refractivity contribution in [3.63, 3.8) is 0 Å². The molecule has 0 aliphatic heterocycles. The third kappa shape index (κ3) is 9.80. The standard InChI is InChI=1S/C34H38F6N4O6P2/c1-5-47-51(45,48-6-2)31(29-13-9-11-19-41-29)43-23-15-17-25(27(21-23)33(35,36)37)26-18-16-24(22-28(26)34(38,39)40)44-32(30-14-10-12-20-42-30)52(46,49-7-3)50-8-4/h9-22,31-32,43-44H,5-8H2,1-4H3. The smallest absolute Gasteiger partial charge is 0.367 e. The number of aromatic nitrogens is 2. The Kier molecular flexibility index (Phi) is 13.7. The molecule has 0 fully saturated rings. The third-order valence-electron chi connectivity index (χ3n) is 7.35. The zero-order valence-electron chi connectivity index (χ0n) is 28.6. The average molecular weight is 775 g/mol. The Morgan fingerprint density at radius 2 is 0.923 bits per heavy atom. The van der Waals surface area contributed by atoms with Crippen molar-refractivity contribution < 1.29 is 53.6 Å². The Hall–Kier alpha value is -3.78. The molecule has 0 aliphatic carbocycles. The van der Waals surface area contributed by atoms with Crippen molar-refractivity contribution in [2.45, 2.75) is 51.6 Å². The van der Waals surface area contributed by atoms with Gasteiger partial charge in [-0.1, -0.05) is 24.3 Å². The maximum Gasteiger partial charge on any atom is 0.417 e. The van der Waals surface area contributed by atoms with E-state index < -0.39 is 61.4 Å². The summed E-state index contributed by atoms with van der Waals surface area (Å²) in [6, 6.07) is 14.6. The van der Waals surface area contributed by atoms with E-state index in [1.165, 1.54) is 24.5 Å². The Morgan fingerprint density at radius 1 is 0.577 bits per heavy atom. The summed E-state index contributed by atoms with van der Waals surface area (Å²) in [7, 11) is -8.17. The summed E-state index contributed by atoms with van der Waals surface area (Å²) in [5.41, 5.74) is -4.58. The lowest BCUT2D eigenvalue weighted by molar-refractivity contribution is -0.139. The van der Waals surface area contributed by atoms with Gasteiger partial charge in [-0.25, -0.2) is 0 Å². The maximum absolute atomic E-state index is 14.7. The summed E-state index contributed by atoms with van der Waals surface area (Å²) >= 11 is 0. The molecule has 0 radical (unpaired) electrons. The molecule has 10 nitrogen and oxygen atoms in total. The number of hydrogen-bond acceptors (Lipinski definition) is 10. The fourth-order valence-corrected chi connectivity index (χ4v) is 9.07. The largest absolute Gasteiger partial charge is 0.417 e. The summed E-state index contributed by atoms with van der Waals surface area (Å²) in [6.07, 6.45) is -7.50. The number of rotatable bonds is 17. The summed E-state index contributed by atoms with van der Waals surface area (Å²) in [5, 5.41) is 5.52. The van der Waals surface area contributed by atoms with Crippen LogP contribution in [0.4, 0.5) is 37.7 Å². The quantitative estimate of drug-likeness (QED) is 0.0792. The van der Waals surface area contributed by atoms with Crippen LogP contribution >= 0.6 is 15.2 Å². The fraction of sp³-hybridized carbons (Fsp3) is 0.353. The number of anilines is 2. The highest BCUT2D eigenvalue weighted by atomic mass is 31.2. The van der Waals surface area contributed by atoms with E-state index in [1.54, 1.807) is 52.0 Å². The van der Waals surface area contributed by atoms with E-state index >= 15 is 0 Å². The van der Waals surface area contributed by atoms with Crippen molar-refractivity contribution in [2.24, 2.45) is 0 Å². The Labute approximate surface area is 297 Å².